The fourth-order valence-corrected chi connectivity index (χ4v) is 2.65. The van der Waals surface area contributed by atoms with Gasteiger partial charge in [0.2, 0.25) is 0 Å². The molecule has 2 rings (SSSR count). The standard InChI is InChI=1S/C18H20BrNO4/c1-3-15-14(18(22)23)10-16(24-15)17(21)20-11(2)4-5-12-6-8-13(19)9-7-12/h6-11H,3-5H2,1-2H3,(H,20,21)(H,22,23). The molecule has 0 fully saturated rings. The molecule has 0 saturated heterocycles. The van der Waals surface area contributed by atoms with Crippen LogP contribution >= 0.6 is 15.9 Å². The fraction of sp³-hybridized carbons (Fsp3) is 0.333. The molecule has 1 aromatic heterocycles. The van der Waals surface area contributed by atoms with Gasteiger partial charge >= 0.3 is 5.97 Å². The Kier molecular flexibility index (Phi) is 6.20. The van der Waals surface area contributed by atoms with Crippen molar-refractivity contribution in [3.63, 3.8) is 0 Å². The van der Waals surface area contributed by atoms with Gasteiger partial charge in [0.15, 0.2) is 5.76 Å². The molecule has 0 spiro atoms. The number of hydrogen-bond donors (Lipinski definition) is 2. The van der Waals surface area contributed by atoms with Crippen LogP contribution in [-0.4, -0.2) is 23.0 Å². The summed E-state index contributed by atoms with van der Waals surface area (Å²) in [5, 5.41) is 12.0. The molecule has 1 amide bonds. The van der Waals surface area contributed by atoms with Gasteiger partial charge in [0, 0.05) is 23.0 Å². The molecule has 2 N–H and O–H groups in total. The van der Waals surface area contributed by atoms with E-state index in [-0.39, 0.29) is 23.3 Å². The van der Waals surface area contributed by atoms with Crippen molar-refractivity contribution in [3.05, 3.63) is 57.5 Å². The highest BCUT2D eigenvalue weighted by Gasteiger charge is 2.20. The lowest BCUT2D eigenvalue weighted by Crippen LogP contribution is -2.32. The minimum atomic E-state index is -1.09. The first-order chi connectivity index (χ1) is 11.4. The van der Waals surface area contributed by atoms with Crippen molar-refractivity contribution in [2.75, 3.05) is 0 Å². The second-order valence-electron chi connectivity index (χ2n) is 5.65. The van der Waals surface area contributed by atoms with Crippen molar-refractivity contribution in [3.8, 4) is 0 Å². The van der Waals surface area contributed by atoms with E-state index in [9.17, 15) is 9.59 Å². The third-order valence-corrected chi connectivity index (χ3v) is 4.27. The van der Waals surface area contributed by atoms with Gasteiger partial charge in [-0.1, -0.05) is 35.0 Å². The van der Waals surface area contributed by atoms with Crippen molar-refractivity contribution < 1.29 is 19.1 Å². The van der Waals surface area contributed by atoms with Crippen LogP contribution in [0.3, 0.4) is 0 Å². The molecule has 128 valence electrons. The smallest absolute Gasteiger partial charge is 0.339 e. The van der Waals surface area contributed by atoms with Crippen LogP contribution < -0.4 is 5.32 Å². The number of carbonyl (C=O) groups is 2. The third-order valence-electron chi connectivity index (χ3n) is 3.74. The predicted octanol–water partition coefficient (Wildman–Crippen LogP) is 4.05. The molecule has 0 aliphatic carbocycles. The molecule has 6 heteroatoms. The summed E-state index contributed by atoms with van der Waals surface area (Å²) in [5.41, 5.74) is 1.24. The van der Waals surface area contributed by atoms with Crippen molar-refractivity contribution in [1.29, 1.82) is 0 Å². The molecule has 2 aromatic rings. The summed E-state index contributed by atoms with van der Waals surface area (Å²) >= 11 is 3.40. The van der Waals surface area contributed by atoms with Crippen LogP contribution in [0.2, 0.25) is 0 Å². The Labute approximate surface area is 149 Å². The van der Waals surface area contributed by atoms with Gasteiger partial charge in [0.1, 0.15) is 11.3 Å². The summed E-state index contributed by atoms with van der Waals surface area (Å²) < 4.78 is 6.40. The van der Waals surface area contributed by atoms with Gasteiger partial charge in [-0.05, 0) is 37.5 Å². The Hall–Kier alpha value is -2.08. The lowest BCUT2D eigenvalue weighted by atomic mass is 10.1. The molecule has 1 unspecified atom stereocenters. The van der Waals surface area contributed by atoms with Crippen LogP contribution in [0.25, 0.3) is 0 Å². The van der Waals surface area contributed by atoms with E-state index in [2.05, 4.69) is 21.2 Å². The largest absolute Gasteiger partial charge is 0.478 e. The van der Waals surface area contributed by atoms with E-state index in [1.807, 2.05) is 31.2 Å². The zero-order valence-electron chi connectivity index (χ0n) is 13.6. The maximum Gasteiger partial charge on any atom is 0.339 e. The highest BCUT2D eigenvalue weighted by atomic mass is 79.9. The number of hydrogen-bond acceptors (Lipinski definition) is 3. The maximum absolute atomic E-state index is 12.2. The quantitative estimate of drug-likeness (QED) is 0.743. The van der Waals surface area contributed by atoms with Gasteiger partial charge in [0.25, 0.3) is 5.91 Å². The molecule has 1 heterocycles. The first kappa shape index (κ1) is 18.3. The van der Waals surface area contributed by atoms with E-state index in [0.29, 0.717) is 12.2 Å². The van der Waals surface area contributed by atoms with Crippen LogP contribution in [0.15, 0.2) is 39.2 Å². The van der Waals surface area contributed by atoms with Crippen LogP contribution in [0.4, 0.5) is 0 Å². The third kappa shape index (κ3) is 4.71. The molecular formula is C18H20BrNO4. The highest BCUT2D eigenvalue weighted by Crippen LogP contribution is 2.17. The Morgan fingerprint density at radius 2 is 1.96 bits per heavy atom. The number of aromatic carboxylic acids is 1. The number of carboxylic acids is 1. The Bertz CT molecular complexity index is 721. The molecule has 1 atom stereocenters. The van der Waals surface area contributed by atoms with Crippen molar-refractivity contribution in [2.45, 2.75) is 39.2 Å². The summed E-state index contributed by atoms with van der Waals surface area (Å²) in [6.07, 6.45) is 2.04. The number of aryl methyl sites for hydroxylation is 2. The number of amides is 1. The second kappa shape index (κ2) is 8.15. The maximum atomic E-state index is 12.2. The molecule has 0 saturated carbocycles. The number of carbonyl (C=O) groups excluding carboxylic acids is 1. The van der Waals surface area contributed by atoms with Crippen LogP contribution in [-0.2, 0) is 12.8 Å². The zero-order chi connectivity index (χ0) is 17.7. The average Bonchev–Trinajstić information content (AvgIpc) is 2.99. The summed E-state index contributed by atoms with van der Waals surface area (Å²) in [7, 11) is 0. The van der Waals surface area contributed by atoms with Gasteiger partial charge < -0.3 is 14.8 Å². The van der Waals surface area contributed by atoms with Gasteiger partial charge in [-0.15, -0.1) is 0 Å². The molecule has 1 aromatic carbocycles. The predicted molar refractivity (Wildman–Crippen MR) is 94.4 cm³/mol. The fourth-order valence-electron chi connectivity index (χ4n) is 2.39. The van der Waals surface area contributed by atoms with Gasteiger partial charge in [0.05, 0.1) is 0 Å². The van der Waals surface area contributed by atoms with E-state index in [1.165, 1.54) is 11.6 Å². The molecule has 24 heavy (non-hydrogen) atoms. The first-order valence-electron chi connectivity index (χ1n) is 7.82. The summed E-state index contributed by atoms with van der Waals surface area (Å²) in [6.45, 7) is 3.70. The Morgan fingerprint density at radius 3 is 2.50 bits per heavy atom. The van der Waals surface area contributed by atoms with Crippen LogP contribution in [0.5, 0.6) is 0 Å². The van der Waals surface area contributed by atoms with Crippen LogP contribution in [0, 0.1) is 0 Å². The lowest BCUT2D eigenvalue weighted by molar-refractivity contribution is 0.0694. The number of furan rings is 1. The topological polar surface area (TPSA) is 79.5 Å². The van der Waals surface area contributed by atoms with Gasteiger partial charge in [-0.3, -0.25) is 4.79 Å². The molecule has 0 aliphatic rings. The van der Waals surface area contributed by atoms with Gasteiger partial charge in [-0.25, -0.2) is 4.79 Å². The van der Waals surface area contributed by atoms with Crippen LogP contribution in [0.1, 0.15) is 52.5 Å². The van der Waals surface area contributed by atoms with Crippen molar-refractivity contribution in [1.82, 2.24) is 5.32 Å². The van der Waals surface area contributed by atoms with E-state index >= 15 is 0 Å². The monoisotopic (exact) mass is 393 g/mol. The Morgan fingerprint density at radius 1 is 1.29 bits per heavy atom. The highest BCUT2D eigenvalue weighted by molar-refractivity contribution is 9.10. The number of rotatable bonds is 7. The SMILES string of the molecule is CCc1oc(C(=O)NC(C)CCc2ccc(Br)cc2)cc1C(=O)O. The van der Waals surface area contributed by atoms with E-state index in [4.69, 9.17) is 9.52 Å². The minimum absolute atomic E-state index is 0.0414. The molecule has 0 aliphatic heterocycles. The lowest BCUT2D eigenvalue weighted by Gasteiger charge is -2.12. The summed E-state index contributed by atoms with van der Waals surface area (Å²) in [5.74, 6) is -1.12. The molecular weight excluding hydrogens is 374 g/mol. The van der Waals surface area contributed by atoms with E-state index in [1.54, 1.807) is 6.92 Å². The normalized spacial score (nSPS) is 12.0. The second-order valence-corrected chi connectivity index (χ2v) is 6.56. The van der Waals surface area contributed by atoms with E-state index in [0.717, 1.165) is 17.3 Å². The van der Waals surface area contributed by atoms with Crippen molar-refractivity contribution >= 4 is 27.8 Å². The minimum Gasteiger partial charge on any atom is -0.478 e. The average molecular weight is 394 g/mol. The summed E-state index contributed by atoms with van der Waals surface area (Å²) in [4.78, 5) is 23.3. The number of carboxylic acid groups (broad SMARTS) is 1. The first-order valence-corrected chi connectivity index (χ1v) is 8.61. The van der Waals surface area contributed by atoms with Gasteiger partial charge in [-0.2, -0.15) is 0 Å². The molecule has 0 radical (unpaired) electrons. The molecule has 5 nitrogen and oxygen atoms in total. The zero-order valence-corrected chi connectivity index (χ0v) is 15.2. The van der Waals surface area contributed by atoms with Crippen molar-refractivity contribution in [2.24, 2.45) is 0 Å². The number of benzene rings is 1. The number of nitrogens with one attached hydrogen (secondary N) is 1. The summed E-state index contributed by atoms with van der Waals surface area (Å²) in [6, 6.07) is 9.29. The Balaban J connectivity index is 1.93. The molecule has 0 bridgehead atoms. The number of halogens is 1. The van der Waals surface area contributed by atoms with E-state index < -0.39 is 5.97 Å².